The molecule has 0 spiro atoms. The van der Waals surface area contributed by atoms with Crippen molar-refractivity contribution in [3.63, 3.8) is 0 Å². The van der Waals surface area contributed by atoms with Gasteiger partial charge < -0.3 is 15.4 Å². The van der Waals surface area contributed by atoms with E-state index in [1.807, 2.05) is 43.4 Å². The molecule has 1 aliphatic carbocycles. The third-order valence-corrected chi connectivity index (χ3v) is 7.45. The second-order valence-electron chi connectivity index (χ2n) is 9.97. The first-order valence-electron chi connectivity index (χ1n) is 13.8. The Hall–Kier alpha value is -3.84. The molecule has 7 nitrogen and oxygen atoms in total. The molecule has 1 aromatic heterocycles. The maximum absolute atomic E-state index is 13.4. The van der Waals surface area contributed by atoms with Crippen LogP contribution in [0.2, 0.25) is 5.02 Å². The molecule has 2 aromatic carbocycles. The fourth-order valence-electron chi connectivity index (χ4n) is 4.96. The van der Waals surface area contributed by atoms with Crippen molar-refractivity contribution in [1.82, 2.24) is 15.2 Å². The Morgan fingerprint density at radius 3 is 2.33 bits per heavy atom. The van der Waals surface area contributed by atoms with Crippen molar-refractivity contribution >= 4 is 40.2 Å². The van der Waals surface area contributed by atoms with Gasteiger partial charge in [0.05, 0.1) is 19.0 Å². The molecule has 0 aliphatic heterocycles. The number of ether oxygens (including phenoxy) is 1. The van der Waals surface area contributed by atoms with Gasteiger partial charge in [0, 0.05) is 40.3 Å². The Morgan fingerprint density at radius 2 is 1.65 bits per heavy atom. The van der Waals surface area contributed by atoms with Gasteiger partial charge in [-0.05, 0) is 74.2 Å². The number of fused-ring (bicyclic) bond motifs is 1. The van der Waals surface area contributed by atoms with Crippen molar-refractivity contribution in [2.45, 2.75) is 51.9 Å². The number of allylic oxidation sites excluding steroid dienone is 3. The zero-order valence-electron chi connectivity index (χ0n) is 23.1. The minimum atomic E-state index is -0.178. The van der Waals surface area contributed by atoms with Crippen molar-refractivity contribution in [3.05, 3.63) is 88.1 Å². The van der Waals surface area contributed by atoms with E-state index < -0.39 is 0 Å². The van der Waals surface area contributed by atoms with Gasteiger partial charge in [-0.25, -0.2) is 0 Å². The number of amides is 2. The average molecular weight is 562 g/mol. The number of carbonyl (C=O) groups excluding carboxylic acids is 3. The summed E-state index contributed by atoms with van der Waals surface area (Å²) in [6.07, 6.45) is 11.6. The monoisotopic (exact) mass is 561 g/mol. The molecule has 3 aromatic rings. The SMILES string of the molecule is COc1ccc2c(c1)c(CC(=O)NCCCCCCCNC(=O)C1=CC=CC1)c(C)n2C(=O)c1ccc(Cl)cc1. The van der Waals surface area contributed by atoms with Crippen LogP contribution in [0.5, 0.6) is 5.75 Å². The number of hydrogen-bond donors (Lipinski definition) is 2. The first-order chi connectivity index (χ1) is 19.4. The molecule has 0 bridgehead atoms. The predicted molar refractivity (Wildman–Crippen MR) is 159 cm³/mol. The number of nitrogens with one attached hydrogen (secondary N) is 2. The molecular weight excluding hydrogens is 526 g/mol. The van der Waals surface area contributed by atoms with Gasteiger partial charge >= 0.3 is 0 Å². The molecule has 0 atom stereocenters. The molecule has 0 fully saturated rings. The average Bonchev–Trinajstić information content (AvgIpc) is 3.59. The summed E-state index contributed by atoms with van der Waals surface area (Å²) in [6, 6.07) is 12.3. The fourth-order valence-corrected chi connectivity index (χ4v) is 5.08. The van der Waals surface area contributed by atoms with E-state index in [-0.39, 0.29) is 24.1 Å². The molecule has 0 radical (unpaired) electrons. The number of aromatic nitrogens is 1. The van der Waals surface area contributed by atoms with Gasteiger partial charge in [-0.3, -0.25) is 19.0 Å². The topological polar surface area (TPSA) is 89.4 Å². The Bertz CT molecular complexity index is 1440. The van der Waals surface area contributed by atoms with E-state index in [0.717, 1.165) is 66.3 Å². The highest BCUT2D eigenvalue weighted by Crippen LogP contribution is 2.31. The van der Waals surface area contributed by atoms with Crippen LogP contribution in [0.25, 0.3) is 10.9 Å². The molecule has 1 heterocycles. The van der Waals surface area contributed by atoms with Gasteiger partial charge in [0.15, 0.2) is 0 Å². The van der Waals surface area contributed by atoms with Crippen molar-refractivity contribution in [1.29, 1.82) is 0 Å². The van der Waals surface area contributed by atoms with Crippen molar-refractivity contribution in [3.8, 4) is 5.75 Å². The second-order valence-corrected chi connectivity index (χ2v) is 10.4. The Kier molecular flexibility index (Phi) is 10.2. The van der Waals surface area contributed by atoms with Crippen LogP contribution in [0, 0.1) is 6.92 Å². The van der Waals surface area contributed by atoms with Crippen LogP contribution < -0.4 is 15.4 Å². The summed E-state index contributed by atoms with van der Waals surface area (Å²) in [5, 5.41) is 7.38. The first kappa shape index (κ1) is 29.2. The van der Waals surface area contributed by atoms with E-state index in [2.05, 4.69) is 10.6 Å². The van der Waals surface area contributed by atoms with Gasteiger partial charge in [-0.1, -0.05) is 49.1 Å². The van der Waals surface area contributed by atoms with Crippen molar-refractivity contribution in [2.75, 3.05) is 20.2 Å². The zero-order valence-corrected chi connectivity index (χ0v) is 23.9. The molecular formula is C32H36ClN3O4. The van der Waals surface area contributed by atoms with Crippen molar-refractivity contribution in [2.24, 2.45) is 0 Å². The number of unbranched alkanes of at least 4 members (excludes halogenated alkanes) is 4. The summed E-state index contributed by atoms with van der Waals surface area (Å²) in [5.74, 6) is 0.432. The summed E-state index contributed by atoms with van der Waals surface area (Å²) < 4.78 is 7.07. The van der Waals surface area contributed by atoms with Crippen LogP contribution in [0.15, 0.2) is 66.3 Å². The number of halogens is 1. The molecule has 0 saturated carbocycles. The van der Waals surface area contributed by atoms with Gasteiger partial charge in [0.1, 0.15) is 5.75 Å². The molecule has 0 unspecified atom stereocenters. The molecule has 8 heteroatoms. The van der Waals surface area contributed by atoms with Gasteiger partial charge in [0.25, 0.3) is 5.91 Å². The number of rotatable bonds is 13. The van der Waals surface area contributed by atoms with E-state index >= 15 is 0 Å². The van der Waals surface area contributed by atoms with E-state index in [9.17, 15) is 14.4 Å². The Balaban J connectivity index is 1.28. The lowest BCUT2D eigenvalue weighted by molar-refractivity contribution is -0.120. The molecule has 210 valence electrons. The quantitative estimate of drug-likeness (QED) is 0.254. The minimum absolute atomic E-state index is 0.0267. The number of hydrogen-bond acceptors (Lipinski definition) is 4. The van der Waals surface area contributed by atoms with E-state index in [4.69, 9.17) is 16.3 Å². The second kappa shape index (κ2) is 14.0. The standard InChI is InChI=1S/C32H36ClN3O4/c1-22-27(21-30(37)34-18-8-4-3-5-9-19-35-31(38)23-10-6-7-11-23)28-20-26(40-2)16-17-29(28)36(22)32(39)24-12-14-25(33)15-13-24/h6-7,10,12-17,20H,3-5,8-9,11,18-19,21H2,1-2H3,(H,34,37)(H,35,38). The highest BCUT2D eigenvalue weighted by Gasteiger charge is 2.22. The summed E-state index contributed by atoms with van der Waals surface area (Å²) in [7, 11) is 1.60. The highest BCUT2D eigenvalue weighted by atomic mass is 35.5. The van der Waals surface area contributed by atoms with Crippen LogP contribution >= 0.6 is 11.6 Å². The van der Waals surface area contributed by atoms with Crippen LogP contribution in [0.4, 0.5) is 0 Å². The van der Waals surface area contributed by atoms with Gasteiger partial charge in [-0.2, -0.15) is 0 Å². The Labute approximate surface area is 240 Å². The number of methoxy groups -OCH3 is 1. The normalized spacial score (nSPS) is 12.4. The highest BCUT2D eigenvalue weighted by molar-refractivity contribution is 6.30. The van der Waals surface area contributed by atoms with Gasteiger partial charge in [0.2, 0.25) is 11.8 Å². The maximum atomic E-state index is 13.4. The van der Waals surface area contributed by atoms with E-state index in [1.165, 1.54) is 0 Å². The third kappa shape index (κ3) is 7.21. The summed E-state index contributed by atoms with van der Waals surface area (Å²) in [4.78, 5) is 38.3. The van der Waals surface area contributed by atoms with Crippen LogP contribution in [-0.4, -0.2) is 42.5 Å². The van der Waals surface area contributed by atoms with Crippen LogP contribution in [0.1, 0.15) is 60.1 Å². The largest absolute Gasteiger partial charge is 0.497 e. The third-order valence-electron chi connectivity index (χ3n) is 7.20. The van der Waals surface area contributed by atoms with Gasteiger partial charge in [-0.15, -0.1) is 0 Å². The zero-order chi connectivity index (χ0) is 28.5. The number of carbonyl (C=O) groups is 3. The minimum Gasteiger partial charge on any atom is -0.497 e. The molecule has 4 rings (SSSR count). The number of nitrogens with zero attached hydrogens (tertiary/aromatic N) is 1. The first-order valence-corrected chi connectivity index (χ1v) is 14.2. The fraction of sp³-hybridized carbons (Fsp3) is 0.344. The molecule has 2 amide bonds. The maximum Gasteiger partial charge on any atom is 0.262 e. The summed E-state index contributed by atoms with van der Waals surface area (Å²) in [5.41, 5.74) is 3.60. The van der Waals surface area contributed by atoms with E-state index in [0.29, 0.717) is 29.4 Å². The molecule has 0 saturated heterocycles. The van der Waals surface area contributed by atoms with Crippen LogP contribution in [0.3, 0.4) is 0 Å². The lowest BCUT2D eigenvalue weighted by Crippen LogP contribution is -2.26. The molecule has 2 N–H and O–H groups in total. The smallest absolute Gasteiger partial charge is 0.262 e. The molecule has 1 aliphatic rings. The van der Waals surface area contributed by atoms with Crippen LogP contribution in [-0.2, 0) is 16.0 Å². The lowest BCUT2D eigenvalue weighted by Gasteiger charge is -2.09. The predicted octanol–water partition coefficient (Wildman–Crippen LogP) is 5.91. The number of benzene rings is 2. The van der Waals surface area contributed by atoms with E-state index in [1.54, 1.807) is 35.9 Å². The summed E-state index contributed by atoms with van der Waals surface area (Å²) in [6.45, 7) is 3.15. The summed E-state index contributed by atoms with van der Waals surface area (Å²) >= 11 is 6.01. The molecule has 40 heavy (non-hydrogen) atoms. The Morgan fingerprint density at radius 1 is 0.950 bits per heavy atom. The lowest BCUT2D eigenvalue weighted by atomic mass is 10.1. The van der Waals surface area contributed by atoms with Crippen molar-refractivity contribution < 1.29 is 19.1 Å².